The summed E-state index contributed by atoms with van der Waals surface area (Å²) in [6, 6.07) is 19.2. The van der Waals surface area contributed by atoms with E-state index in [9.17, 15) is 18.0 Å². The number of nitrogens with one attached hydrogen (secondary N) is 2. The molecule has 1 aliphatic heterocycles. The van der Waals surface area contributed by atoms with Gasteiger partial charge in [0.15, 0.2) is 0 Å². The molecule has 0 saturated carbocycles. The maximum atomic E-state index is 13.1. The minimum Gasteiger partial charge on any atom is -0.326 e. The Hall–Kier alpha value is -3.49. The molecule has 1 heterocycles. The Labute approximate surface area is 193 Å². The highest BCUT2D eigenvalue weighted by molar-refractivity contribution is 7.89. The Balaban J connectivity index is 1.48. The van der Waals surface area contributed by atoms with Gasteiger partial charge in [-0.15, -0.1) is 0 Å². The van der Waals surface area contributed by atoms with E-state index in [4.69, 9.17) is 0 Å². The number of carbonyl (C=O) groups excluding carboxylic acids is 2. The van der Waals surface area contributed by atoms with Crippen molar-refractivity contribution in [2.45, 2.75) is 31.7 Å². The van der Waals surface area contributed by atoms with Crippen LogP contribution in [0, 0.1) is 6.92 Å². The molecule has 2 amide bonds. The number of hydrogen-bond donors (Lipinski definition) is 2. The van der Waals surface area contributed by atoms with Crippen LogP contribution in [-0.4, -0.2) is 26.8 Å². The Morgan fingerprint density at radius 2 is 1.76 bits per heavy atom. The van der Waals surface area contributed by atoms with Crippen LogP contribution < -0.4 is 14.9 Å². The van der Waals surface area contributed by atoms with Crippen LogP contribution in [0.3, 0.4) is 0 Å². The number of amides is 2. The van der Waals surface area contributed by atoms with Gasteiger partial charge in [0.25, 0.3) is 5.91 Å². The van der Waals surface area contributed by atoms with Crippen LogP contribution in [0.5, 0.6) is 0 Å². The molecule has 0 aromatic heterocycles. The molecule has 2 N–H and O–H groups in total. The van der Waals surface area contributed by atoms with Gasteiger partial charge in [0, 0.05) is 37.0 Å². The smallest absolute Gasteiger partial charge is 0.258 e. The van der Waals surface area contributed by atoms with Crippen LogP contribution in [0.4, 0.5) is 11.4 Å². The SMILES string of the molecule is CC(=O)Nc1ccc(S(=O)(=O)NCc2ccc3c(c2)N(C(=O)c2cccc(C)c2)CC3)cc1. The number of rotatable bonds is 6. The first kappa shape index (κ1) is 22.7. The first-order chi connectivity index (χ1) is 15.7. The molecule has 1 aliphatic rings. The van der Waals surface area contributed by atoms with E-state index in [-0.39, 0.29) is 23.3 Å². The number of carbonyl (C=O) groups is 2. The molecular formula is C25H25N3O4S. The molecule has 0 saturated heterocycles. The zero-order valence-corrected chi connectivity index (χ0v) is 19.3. The molecule has 0 atom stereocenters. The van der Waals surface area contributed by atoms with Crippen molar-refractivity contribution < 1.29 is 18.0 Å². The quantitative estimate of drug-likeness (QED) is 0.584. The first-order valence-corrected chi connectivity index (χ1v) is 12.1. The number of fused-ring (bicyclic) bond motifs is 1. The molecule has 3 aromatic carbocycles. The standard InChI is InChI=1S/C25H25N3O4S/c1-17-4-3-5-21(14-17)25(30)28-13-12-20-7-6-19(15-24(20)28)16-26-33(31,32)23-10-8-22(9-11-23)27-18(2)29/h3-11,14-15,26H,12-13,16H2,1-2H3,(H,27,29). The molecule has 0 bridgehead atoms. The summed E-state index contributed by atoms with van der Waals surface area (Å²) >= 11 is 0. The van der Waals surface area contributed by atoms with Crippen LogP contribution in [0.25, 0.3) is 0 Å². The largest absolute Gasteiger partial charge is 0.326 e. The van der Waals surface area contributed by atoms with Crippen molar-refractivity contribution in [1.29, 1.82) is 0 Å². The van der Waals surface area contributed by atoms with Crippen molar-refractivity contribution in [3.63, 3.8) is 0 Å². The van der Waals surface area contributed by atoms with Crippen molar-refractivity contribution in [3.05, 3.63) is 89.0 Å². The zero-order chi connectivity index (χ0) is 23.6. The van der Waals surface area contributed by atoms with Gasteiger partial charge in [0.1, 0.15) is 0 Å². The summed E-state index contributed by atoms with van der Waals surface area (Å²) in [5, 5.41) is 2.61. The second kappa shape index (κ2) is 9.17. The van der Waals surface area contributed by atoms with Crippen LogP contribution in [0.2, 0.25) is 0 Å². The molecule has 170 valence electrons. The van der Waals surface area contributed by atoms with Crippen LogP contribution >= 0.6 is 0 Å². The fourth-order valence-corrected chi connectivity index (χ4v) is 4.88. The predicted molar refractivity (Wildman–Crippen MR) is 128 cm³/mol. The van der Waals surface area contributed by atoms with Crippen molar-refractivity contribution in [1.82, 2.24) is 4.72 Å². The Morgan fingerprint density at radius 3 is 2.45 bits per heavy atom. The van der Waals surface area contributed by atoms with Gasteiger partial charge < -0.3 is 10.2 Å². The second-order valence-electron chi connectivity index (χ2n) is 8.07. The van der Waals surface area contributed by atoms with Crippen molar-refractivity contribution in [2.75, 3.05) is 16.8 Å². The highest BCUT2D eigenvalue weighted by Gasteiger charge is 2.26. The third-order valence-corrected chi connectivity index (χ3v) is 6.92. The molecule has 7 nitrogen and oxygen atoms in total. The van der Waals surface area contributed by atoms with E-state index >= 15 is 0 Å². The van der Waals surface area contributed by atoms with E-state index < -0.39 is 10.0 Å². The minimum absolute atomic E-state index is 0.0607. The van der Waals surface area contributed by atoms with E-state index in [1.807, 2.05) is 49.4 Å². The lowest BCUT2D eigenvalue weighted by atomic mass is 10.1. The molecule has 0 aliphatic carbocycles. The number of benzene rings is 3. The summed E-state index contributed by atoms with van der Waals surface area (Å²) < 4.78 is 28.0. The summed E-state index contributed by atoms with van der Waals surface area (Å²) in [6.07, 6.45) is 0.763. The summed E-state index contributed by atoms with van der Waals surface area (Å²) in [7, 11) is -3.74. The molecule has 4 rings (SSSR count). The summed E-state index contributed by atoms with van der Waals surface area (Å²) in [6.45, 7) is 4.03. The van der Waals surface area contributed by atoms with E-state index in [0.29, 0.717) is 17.8 Å². The van der Waals surface area contributed by atoms with Gasteiger partial charge in [-0.2, -0.15) is 0 Å². The number of anilines is 2. The van der Waals surface area contributed by atoms with E-state index in [2.05, 4.69) is 10.0 Å². The minimum atomic E-state index is -3.74. The Morgan fingerprint density at radius 1 is 1.00 bits per heavy atom. The number of nitrogens with zero attached hydrogens (tertiary/aromatic N) is 1. The number of aryl methyl sites for hydroxylation is 1. The van der Waals surface area contributed by atoms with Crippen LogP contribution in [-0.2, 0) is 27.8 Å². The third-order valence-electron chi connectivity index (χ3n) is 5.51. The van der Waals surface area contributed by atoms with Gasteiger partial charge in [0.2, 0.25) is 15.9 Å². The van der Waals surface area contributed by atoms with Crippen LogP contribution in [0.15, 0.2) is 71.6 Å². The summed E-state index contributed by atoms with van der Waals surface area (Å²) in [5.41, 5.74) is 4.83. The Kier molecular flexibility index (Phi) is 6.31. The maximum Gasteiger partial charge on any atom is 0.258 e. The normalized spacial score (nSPS) is 13.0. The first-order valence-electron chi connectivity index (χ1n) is 10.6. The predicted octanol–water partition coefficient (Wildman–Crippen LogP) is 3.63. The van der Waals surface area contributed by atoms with Crippen molar-refractivity contribution in [3.8, 4) is 0 Å². The molecule has 0 radical (unpaired) electrons. The zero-order valence-electron chi connectivity index (χ0n) is 18.5. The number of hydrogen-bond acceptors (Lipinski definition) is 4. The Bertz CT molecular complexity index is 1320. The van der Waals surface area contributed by atoms with E-state index in [0.717, 1.165) is 28.8 Å². The van der Waals surface area contributed by atoms with Gasteiger partial charge in [-0.25, -0.2) is 13.1 Å². The second-order valence-corrected chi connectivity index (χ2v) is 9.84. The van der Waals surface area contributed by atoms with Gasteiger partial charge in [-0.1, -0.05) is 29.8 Å². The van der Waals surface area contributed by atoms with Gasteiger partial charge in [-0.05, 0) is 66.9 Å². The molecule has 33 heavy (non-hydrogen) atoms. The van der Waals surface area contributed by atoms with Crippen LogP contribution in [0.1, 0.15) is 34.0 Å². The van der Waals surface area contributed by atoms with Gasteiger partial charge in [-0.3, -0.25) is 9.59 Å². The maximum absolute atomic E-state index is 13.1. The lowest BCUT2D eigenvalue weighted by molar-refractivity contribution is -0.114. The lowest BCUT2D eigenvalue weighted by Gasteiger charge is -2.18. The van der Waals surface area contributed by atoms with Crippen molar-refractivity contribution in [2.24, 2.45) is 0 Å². The molecule has 0 fully saturated rings. The monoisotopic (exact) mass is 463 g/mol. The van der Waals surface area contributed by atoms with E-state index in [1.54, 1.807) is 17.0 Å². The average molecular weight is 464 g/mol. The molecule has 3 aromatic rings. The molecule has 0 spiro atoms. The van der Waals surface area contributed by atoms with Gasteiger partial charge >= 0.3 is 0 Å². The van der Waals surface area contributed by atoms with E-state index in [1.165, 1.54) is 19.1 Å². The molecule has 0 unspecified atom stereocenters. The lowest BCUT2D eigenvalue weighted by Crippen LogP contribution is -2.29. The highest BCUT2D eigenvalue weighted by atomic mass is 32.2. The molecule has 8 heteroatoms. The van der Waals surface area contributed by atoms with Gasteiger partial charge in [0.05, 0.1) is 4.90 Å². The fraction of sp³-hybridized carbons (Fsp3) is 0.200. The topological polar surface area (TPSA) is 95.6 Å². The fourth-order valence-electron chi connectivity index (χ4n) is 3.86. The average Bonchev–Trinajstić information content (AvgIpc) is 3.20. The molecular weight excluding hydrogens is 438 g/mol. The van der Waals surface area contributed by atoms with Crippen molar-refractivity contribution >= 4 is 33.2 Å². The summed E-state index contributed by atoms with van der Waals surface area (Å²) in [5.74, 6) is -0.287. The summed E-state index contributed by atoms with van der Waals surface area (Å²) in [4.78, 5) is 26.0. The highest BCUT2D eigenvalue weighted by Crippen LogP contribution is 2.30. The number of sulfonamides is 1. The third kappa shape index (κ3) is 5.13.